The van der Waals surface area contributed by atoms with Gasteiger partial charge in [-0.25, -0.2) is 4.79 Å². The van der Waals surface area contributed by atoms with Gasteiger partial charge in [-0.15, -0.1) is 11.8 Å². The monoisotopic (exact) mass is 419 g/mol. The second-order valence-corrected chi connectivity index (χ2v) is 7.04. The molecule has 2 unspecified atom stereocenters. The fourth-order valence-electron chi connectivity index (χ4n) is 2.44. The lowest BCUT2D eigenvalue weighted by atomic mass is 10.1. The Hall–Kier alpha value is -2.91. The van der Waals surface area contributed by atoms with E-state index in [-0.39, 0.29) is 18.7 Å². The van der Waals surface area contributed by atoms with Gasteiger partial charge in [-0.2, -0.15) is 0 Å². The second-order valence-electron chi connectivity index (χ2n) is 5.86. The Bertz CT molecular complexity index is 869. The fourth-order valence-corrected chi connectivity index (χ4v) is 3.67. The van der Waals surface area contributed by atoms with E-state index >= 15 is 0 Å². The molecule has 0 saturated heterocycles. The predicted octanol–water partition coefficient (Wildman–Crippen LogP) is 3.67. The van der Waals surface area contributed by atoms with Crippen LogP contribution in [0.4, 0.5) is 5.69 Å². The summed E-state index contributed by atoms with van der Waals surface area (Å²) in [7, 11) is 0. The van der Waals surface area contributed by atoms with Gasteiger partial charge in [0.05, 0.1) is 21.7 Å². The Morgan fingerprint density at radius 1 is 1.14 bits per heavy atom. The Balaban J connectivity index is 2.37. The molecule has 0 fully saturated rings. The van der Waals surface area contributed by atoms with Crippen LogP contribution in [0.2, 0.25) is 0 Å². The van der Waals surface area contributed by atoms with Gasteiger partial charge in [0.15, 0.2) is 6.10 Å². The zero-order valence-electron chi connectivity index (χ0n) is 15.9. The van der Waals surface area contributed by atoms with E-state index in [9.17, 15) is 24.8 Å². The number of rotatable bonds is 9. The number of aliphatic hydroxyl groups is 1. The quantitative estimate of drug-likeness (QED) is 0.215. The molecule has 0 aromatic heterocycles. The molecule has 1 N–H and O–H groups in total. The van der Waals surface area contributed by atoms with Gasteiger partial charge in [0.1, 0.15) is 5.75 Å². The molecule has 0 saturated carbocycles. The molecule has 0 bridgehead atoms. The van der Waals surface area contributed by atoms with Gasteiger partial charge in [-0.3, -0.25) is 14.9 Å². The highest BCUT2D eigenvalue weighted by Crippen LogP contribution is 2.42. The van der Waals surface area contributed by atoms with Crippen LogP contribution in [0.25, 0.3) is 0 Å². The molecule has 2 atom stereocenters. The molecular formula is C20H21NO7S. The highest BCUT2D eigenvalue weighted by molar-refractivity contribution is 7.99. The van der Waals surface area contributed by atoms with Crippen LogP contribution >= 0.6 is 11.8 Å². The first-order valence-electron chi connectivity index (χ1n) is 8.92. The predicted molar refractivity (Wildman–Crippen MR) is 107 cm³/mol. The maximum atomic E-state index is 12.1. The Morgan fingerprint density at radius 3 is 2.38 bits per heavy atom. The first-order valence-corrected chi connectivity index (χ1v) is 9.80. The molecule has 2 aromatic rings. The first-order chi connectivity index (χ1) is 13.9. The van der Waals surface area contributed by atoms with Crippen molar-refractivity contribution in [1.29, 1.82) is 0 Å². The number of nitrogens with zero attached hydrogens (tertiary/aromatic N) is 1. The van der Waals surface area contributed by atoms with E-state index in [4.69, 9.17) is 9.47 Å². The number of ether oxygens (including phenoxy) is 2. The number of thioether (sulfide) groups is 1. The third-order valence-electron chi connectivity index (χ3n) is 3.86. The number of nitro groups is 1. The molecule has 2 aromatic carbocycles. The lowest BCUT2D eigenvalue weighted by Gasteiger charge is -2.22. The van der Waals surface area contributed by atoms with Crippen molar-refractivity contribution in [2.45, 2.75) is 36.5 Å². The molecule has 9 heteroatoms. The van der Waals surface area contributed by atoms with Crippen molar-refractivity contribution < 1.29 is 29.1 Å². The van der Waals surface area contributed by atoms with E-state index in [0.717, 1.165) is 11.8 Å². The zero-order chi connectivity index (χ0) is 21.4. The SMILES string of the molecule is CCOC(=O)C(O)C(Sc1ccccc1[N+](=O)[O-])c1ccc(OC(=O)CC)cc1. The smallest absolute Gasteiger partial charge is 0.336 e. The van der Waals surface area contributed by atoms with Crippen molar-refractivity contribution >= 4 is 29.4 Å². The summed E-state index contributed by atoms with van der Waals surface area (Å²) < 4.78 is 10.0. The van der Waals surface area contributed by atoms with E-state index in [2.05, 4.69) is 0 Å². The van der Waals surface area contributed by atoms with Gasteiger partial charge in [0, 0.05) is 12.5 Å². The average molecular weight is 419 g/mol. The molecule has 0 radical (unpaired) electrons. The molecule has 0 aliphatic rings. The molecule has 154 valence electrons. The summed E-state index contributed by atoms with van der Waals surface area (Å²) in [5, 5.41) is 21.0. The van der Waals surface area contributed by atoms with E-state index < -0.39 is 28.2 Å². The number of esters is 2. The van der Waals surface area contributed by atoms with Crippen LogP contribution in [-0.4, -0.2) is 34.7 Å². The highest BCUT2D eigenvalue weighted by atomic mass is 32.2. The Kier molecular flexibility index (Phi) is 8.17. The van der Waals surface area contributed by atoms with E-state index in [1.54, 1.807) is 38.1 Å². The van der Waals surface area contributed by atoms with Crippen LogP contribution < -0.4 is 4.74 Å². The lowest BCUT2D eigenvalue weighted by molar-refractivity contribution is -0.387. The highest BCUT2D eigenvalue weighted by Gasteiger charge is 2.31. The summed E-state index contributed by atoms with van der Waals surface area (Å²) in [5.74, 6) is -0.902. The van der Waals surface area contributed by atoms with Gasteiger partial charge in [0.25, 0.3) is 5.69 Å². The lowest BCUT2D eigenvalue weighted by Crippen LogP contribution is -2.28. The van der Waals surface area contributed by atoms with Crippen molar-refractivity contribution in [3.05, 3.63) is 64.2 Å². The molecule has 29 heavy (non-hydrogen) atoms. The van der Waals surface area contributed by atoms with Crippen LogP contribution in [0, 0.1) is 10.1 Å². The molecule has 0 aliphatic heterocycles. The topological polar surface area (TPSA) is 116 Å². The van der Waals surface area contributed by atoms with E-state index in [1.807, 2.05) is 0 Å². The van der Waals surface area contributed by atoms with Crippen LogP contribution in [-0.2, 0) is 14.3 Å². The van der Waals surface area contributed by atoms with Crippen molar-refractivity contribution in [2.24, 2.45) is 0 Å². The van der Waals surface area contributed by atoms with Gasteiger partial charge < -0.3 is 14.6 Å². The molecule has 0 amide bonds. The number of carbonyl (C=O) groups is 2. The minimum absolute atomic E-state index is 0.0880. The van der Waals surface area contributed by atoms with Gasteiger partial charge in [0.2, 0.25) is 0 Å². The zero-order valence-corrected chi connectivity index (χ0v) is 16.8. The number of hydrogen-bond donors (Lipinski definition) is 1. The molecule has 0 spiro atoms. The number of benzene rings is 2. The van der Waals surface area contributed by atoms with Gasteiger partial charge in [-0.1, -0.05) is 31.2 Å². The van der Waals surface area contributed by atoms with E-state index in [1.165, 1.54) is 24.3 Å². The fraction of sp³-hybridized carbons (Fsp3) is 0.300. The number of nitro benzene ring substituents is 1. The van der Waals surface area contributed by atoms with Crippen molar-refractivity contribution in [3.63, 3.8) is 0 Å². The van der Waals surface area contributed by atoms with Crippen LogP contribution in [0.5, 0.6) is 5.75 Å². The molecule has 0 heterocycles. The van der Waals surface area contributed by atoms with Crippen LogP contribution in [0.3, 0.4) is 0 Å². The van der Waals surface area contributed by atoms with Crippen molar-refractivity contribution in [2.75, 3.05) is 6.61 Å². The number of hydrogen-bond acceptors (Lipinski definition) is 8. The van der Waals surface area contributed by atoms with Crippen LogP contribution in [0.15, 0.2) is 53.4 Å². The largest absolute Gasteiger partial charge is 0.464 e. The van der Waals surface area contributed by atoms with Crippen molar-refractivity contribution in [1.82, 2.24) is 0 Å². The number of carbonyl (C=O) groups excluding carboxylic acids is 2. The number of para-hydroxylation sites is 1. The minimum Gasteiger partial charge on any atom is -0.464 e. The number of aliphatic hydroxyl groups excluding tert-OH is 1. The molecular weight excluding hydrogens is 398 g/mol. The van der Waals surface area contributed by atoms with E-state index in [0.29, 0.717) is 16.2 Å². The summed E-state index contributed by atoms with van der Waals surface area (Å²) in [6.07, 6.45) is -1.33. The van der Waals surface area contributed by atoms with Gasteiger partial charge >= 0.3 is 11.9 Å². The summed E-state index contributed by atoms with van der Waals surface area (Å²) in [6.45, 7) is 3.38. The summed E-state index contributed by atoms with van der Waals surface area (Å²) in [6, 6.07) is 12.3. The maximum absolute atomic E-state index is 12.1. The third kappa shape index (κ3) is 6.03. The minimum atomic E-state index is -1.55. The van der Waals surface area contributed by atoms with Crippen LogP contribution in [0.1, 0.15) is 31.1 Å². The standard InChI is InChI=1S/C20H21NO7S/c1-3-17(22)28-14-11-9-13(10-12-14)19(18(23)20(24)27-4-2)29-16-8-6-5-7-15(16)21(25)26/h5-12,18-19,23H,3-4H2,1-2H3. The Morgan fingerprint density at radius 2 is 1.79 bits per heavy atom. The summed E-state index contributed by atoms with van der Waals surface area (Å²) >= 11 is 0.983. The first kappa shape index (κ1) is 22.4. The van der Waals surface area contributed by atoms with Gasteiger partial charge in [-0.05, 0) is 30.7 Å². The Labute approximate surface area is 172 Å². The maximum Gasteiger partial charge on any atom is 0.336 e. The molecule has 8 nitrogen and oxygen atoms in total. The average Bonchev–Trinajstić information content (AvgIpc) is 2.72. The second kappa shape index (κ2) is 10.6. The summed E-state index contributed by atoms with van der Waals surface area (Å²) in [5.41, 5.74) is 0.386. The van der Waals surface area contributed by atoms with Crippen molar-refractivity contribution in [3.8, 4) is 5.75 Å². The normalized spacial score (nSPS) is 12.7. The molecule has 0 aliphatic carbocycles. The third-order valence-corrected chi connectivity index (χ3v) is 5.24. The summed E-state index contributed by atoms with van der Waals surface area (Å²) in [4.78, 5) is 34.6. The molecule has 2 rings (SSSR count).